The Morgan fingerprint density at radius 2 is 2.50 bits per heavy atom. The van der Waals surface area contributed by atoms with E-state index < -0.39 is 0 Å². The summed E-state index contributed by atoms with van der Waals surface area (Å²) in [5.41, 5.74) is 5.57. The van der Waals surface area contributed by atoms with Gasteiger partial charge in [-0.3, -0.25) is 0 Å². The van der Waals surface area contributed by atoms with Gasteiger partial charge < -0.3 is 10.5 Å². The van der Waals surface area contributed by atoms with Crippen molar-refractivity contribution in [3.8, 4) is 0 Å². The first-order valence-corrected chi connectivity index (χ1v) is 3.18. The van der Waals surface area contributed by atoms with Crippen LogP contribution in [0.1, 0.15) is 19.8 Å². The van der Waals surface area contributed by atoms with Crippen LogP contribution >= 0.6 is 0 Å². The van der Waals surface area contributed by atoms with E-state index in [4.69, 9.17) is 10.5 Å². The molecule has 0 aliphatic carbocycles. The molecule has 0 aromatic carbocycles. The lowest BCUT2D eigenvalue weighted by molar-refractivity contribution is 0.0947. The molecule has 1 heterocycles. The van der Waals surface area contributed by atoms with Gasteiger partial charge in [0.15, 0.2) is 0 Å². The van der Waals surface area contributed by atoms with Crippen LogP contribution in [-0.4, -0.2) is 18.8 Å². The molecule has 2 nitrogen and oxygen atoms in total. The van der Waals surface area contributed by atoms with Crippen LogP contribution in [0.3, 0.4) is 0 Å². The van der Waals surface area contributed by atoms with E-state index in [2.05, 4.69) is 0 Å². The van der Waals surface area contributed by atoms with Gasteiger partial charge in [-0.05, 0) is 19.8 Å². The van der Waals surface area contributed by atoms with Crippen molar-refractivity contribution in [2.75, 3.05) is 6.61 Å². The molecule has 48 valence electrons. The topological polar surface area (TPSA) is 35.2 Å². The van der Waals surface area contributed by atoms with E-state index in [1.807, 2.05) is 6.92 Å². The van der Waals surface area contributed by atoms with Crippen molar-refractivity contribution in [3.63, 3.8) is 0 Å². The van der Waals surface area contributed by atoms with E-state index >= 15 is 0 Å². The summed E-state index contributed by atoms with van der Waals surface area (Å²) in [6.45, 7) is 2.90. The zero-order chi connectivity index (χ0) is 5.98. The van der Waals surface area contributed by atoms with Crippen LogP contribution < -0.4 is 5.73 Å². The minimum atomic E-state index is 0.220. The van der Waals surface area contributed by atoms with E-state index in [0.29, 0.717) is 6.10 Å². The van der Waals surface area contributed by atoms with Gasteiger partial charge in [-0.15, -0.1) is 0 Å². The molecule has 1 fully saturated rings. The summed E-state index contributed by atoms with van der Waals surface area (Å²) in [4.78, 5) is 0. The molecule has 2 heteroatoms. The lowest BCUT2D eigenvalue weighted by Crippen LogP contribution is -2.30. The Balaban J connectivity index is 2.24. The lowest BCUT2D eigenvalue weighted by Gasteiger charge is -2.11. The van der Waals surface area contributed by atoms with Crippen LogP contribution in [0.4, 0.5) is 0 Å². The lowest BCUT2D eigenvalue weighted by atomic mass is 10.1. The monoisotopic (exact) mass is 115 g/mol. The van der Waals surface area contributed by atoms with Gasteiger partial charge >= 0.3 is 0 Å². The molecule has 0 saturated carbocycles. The van der Waals surface area contributed by atoms with Gasteiger partial charge in [0.1, 0.15) is 0 Å². The standard InChI is InChI=1S/C6H13NO/c1-5(7)6-3-2-4-8-6/h5-6H,2-4,7H2,1H3/t5?,6-/m1/s1. The van der Waals surface area contributed by atoms with Gasteiger partial charge in [0.25, 0.3) is 0 Å². The molecule has 0 bridgehead atoms. The summed E-state index contributed by atoms with van der Waals surface area (Å²) in [5.74, 6) is 0. The highest BCUT2D eigenvalue weighted by Gasteiger charge is 2.18. The number of rotatable bonds is 1. The SMILES string of the molecule is CC(N)[C@H]1CCCO1. The Morgan fingerprint density at radius 1 is 1.75 bits per heavy atom. The Morgan fingerprint density at radius 3 is 2.75 bits per heavy atom. The molecular weight excluding hydrogens is 102 g/mol. The normalized spacial score (nSPS) is 33.0. The van der Waals surface area contributed by atoms with Gasteiger partial charge in [-0.25, -0.2) is 0 Å². The van der Waals surface area contributed by atoms with E-state index in [0.717, 1.165) is 13.0 Å². The maximum atomic E-state index is 5.57. The quantitative estimate of drug-likeness (QED) is 0.540. The zero-order valence-electron chi connectivity index (χ0n) is 5.26. The van der Waals surface area contributed by atoms with Gasteiger partial charge in [0, 0.05) is 12.6 Å². The van der Waals surface area contributed by atoms with Crippen molar-refractivity contribution in [2.45, 2.75) is 31.9 Å². The highest BCUT2D eigenvalue weighted by atomic mass is 16.5. The predicted molar refractivity (Wildman–Crippen MR) is 32.6 cm³/mol. The first kappa shape index (κ1) is 6.05. The second-order valence-electron chi connectivity index (χ2n) is 2.41. The Bertz CT molecular complexity index is 66.9. The van der Waals surface area contributed by atoms with Gasteiger partial charge in [0.05, 0.1) is 6.10 Å². The number of hydrogen-bond donors (Lipinski definition) is 1. The molecule has 1 aliphatic rings. The number of nitrogens with two attached hydrogens (primary N) is 1. The summed E-state index contributed by atoms with van der Waals surface area (Å²) in [6, 6.07) is 0.220. The summed E-state index contributed by atoms with van der Waals surface area (Å²) in [6.07, 6.45) is 2.68. The van der Waals surface area contributed by atoms with Crippen LogP contribution in [0.25, 0.3) is 0 Å². The molecule has 1 unspecified atom stereocenters. The molecule has 0 aromatic rings. The van der Waals surface area contributed by atoms with Crippen LogP contribution in [0.2, 0.25) is 0 Å². The Kier molecular flexibility index (Phi) is 1.86. The van der Waals surface area contributed by atoms with Crippen molar-refractivity contribution in [1.29, 1.82) is 0 Å². The van der Waals surface area contributed by atoms with E-state index in [-0.39, 0.29) is 6.04 Å². The van der Waals surface area contributed by atoms with E-state index in [1.54, 1.807) is 0 Å². The van der Waals surface area contributed by atoms with E-state index in [9.17, 15) is 0 Å². The molecule has 1 aliphatic heterocycles. The summed E-state index contributed by atoms with van der Waals surface area (Å²) < 4.78 is 5.29. The zero-order valence-corrected chi connectivity index (χ0v) is 5.26. The molecule has 1 saturated heterocycles. The van der Waals surface area contributed by atoms with Crippen LogP contribution in [0, 0.1) is 0 Å². The first-order chi connectivity index (χ1) is 3.80. The average Bonchev–Trinajstić information content (AvgIpc) is 2.12. The fourth-order valence-corrected chi connectivity index (χ4v) is 1.02. The molecule has 0 amide bonds. The molecular formula is C6H13NO. The van der Waals surface area contributed by atoms with Gasteiger partial charge in [-0.2, -0.15) is 0 Å². The fourth-order valence-electron chi connectivity index (χ4n) is 1.02. The molecule has 0 aromatic heterocycles. The molecule has 0 radical (unpaired) electrons. The Hall–Kier alpha value is -0.0800. The van der Waals surface area contributed by atoms with Crippen molar-refractivity contribution in [3.05, 3.63) is 0 Å². The molecule has 2 N–H and O–H groups in total. The summed E-state index contributed by atoms with van der Waals surface area (Å²) in [7, 11) is 0. The maximum Gasteiger partial charge on any atom is 0.0724 e. The van der Waals surface area contributed by atoms with Gasteiger partial charge in [-0.1, -0.05) is 0 Å². The average molecular weight is 115 g/mol. The maximum absolute atomic E-state index is 5.57. The van der Waals surface area contributed by atoms with Gasteiger partial charge in [0.2, 0.25) is 0 Å². The van der Waals surface area contributed by atoms with Crippen molar-refractivity contribution < 1.29 is 4.74 Å². The first-order valence-electron chi connectivity index (χ1n) is 3.18. The number of hydrogen-bond acceptors (Lipinski definition) is 2. The molecule has 2 atom stereocenters. The Labute approximate surface area is 50.0 Å². The summed E-state index contributed by atoms with van der Waals surface area (Å²) in [5, 5.41) is 0. The third-order valence-corrected chi connectivity index (χ3v) is 1.55. The highest BCUT2D eigenvalue weighted by molar-refractivity contribution is 4.72. The summed E-state index contributed by atoms with van der Waals surface area (Å²) >= 11 is 0. The largest absolute Gasteiger partial charge is 0.377 e. The van der Waals surface area contributed by atoms with Crippen LogP contribution in [0.15, 0.2) is 0 Å². The van der Waals surface area contributed by atoms with Crippen LogP contribution in [-0.2, 0) is 4.74 Å². The predicted octanol–water partition coefficient (Wildman–Crippen LogP) is 0.513. The molecule has 0 spiro atoms. The van der Waals surface area contributed by atoms with Crippen molar-refractivity contribution >= 4 is 0 Å². The van der Waals surface area contributed by atoms with Crippen molar-refractivity contribution in [2.24, 2.45) is 5.73 Å². The third kappa shape index (κ3) is 1.20. The fraction of sp³-hybridized carbons (Fsp3) is 1.00. The highest BCUT2D eigenvalue weighted by Crippen LogP contribution is 2.13. The second kappa shape index (κ2) is 2.46. The van der Waals surface area contributed by atoms with Crippen molar-refractivity contribution in [1.82, 2.24) is 0 Å². The minimum absolute atomic E-state index is 0.220. The minimum Gasteiger partial charge on any atom is -0.377 e. The second-order valence-corrected chi connectivity index (χ2v) is 2.41. The molecule has 1 rings (SSSR count). The molecule has 8 heavy (non-hydrogen) atoms. The third-order valence-electron chi connectivity index (χ3n) is 1.55. The van der Waals surface area contributed by atoms with E-state index in [1.165, 1.54) is 6.42 Å². The number of ether oxygens (including phenoxy) is 1. The smallest absolute Gasteiger partial charge is 0.0724 e. The van der Waals surface area contributed by atoms with Crippen LogP contribution in [0.5, 0.6) is 0 Å².